The van der Waals surface area contributed by atoms with E-state index in [0.717, 1.165) is 22.4 Å². The number of fused-ring (bicyclic) bond motifs is 1. The van der Waals surface area contributed by atoms with E-state index in [1.165, 1.54) is 20.8 Å². The maximum absolute atomic E-state index is 12.7. The second kappa shape index (κ2) is 8.67. The molecule has 3 aromatic heterocycles. The molecule has 32 heavy (non-hydrogen) atoms. The van der Waals surface area contributed by atoms with Gasteiger partial charge in [-0.15, -0.1) is 16.4 Å². The number of nitrogens with zero attached hydrogens (tertiary/aromatic N) is 4. The maximum atomic E-state index is 12.7. The monoisotopic (exact) mass is 450 g/mol. The molecule has 0 radical (unpaired) electrons. The molecule has 4 aromatic rings. The first-order chi connectivity index (χ1) is 15.4. The Labute approximate surface area is 188 Å². The number of hydrogen-bond acceptors (Lipinski definition) is 7. The van der Waals surface area contributed by atoms with E-state index in [9.17, 15) is 9.59 Å². The van der Waals surface area contributed by atoms with E-state index in [4.69, 9.17) is 10.5 Å². The fraction of sp³-hybridized carbons (Fsp3) is 0.182. The van der Waals surface area contributed by atoms with Crippen molar-refractivity contribution in [2.24, 2.45) is 0 Å². The van der Waals surface area contributed by atoms with Gasteiger partial charge in [-0.2, -0.15) is 4.98 Å². The molecule has 0 atom stereocenters. The number of rotatable bonds is 6. The smallest absolute Gasteiger partial charge is 0.261 e. The second-order valence-electron chi connectivity index (χ2n) is 7.31. The molecule has 0 aliphatic heterocycles. The molecule has 0 unspecified atom stereocenters. The van der Waals surface area contributed by atoms with E-state index in [-0.39, 0.29) is 17.8 Å². The van der Waals surface area contributed by atoms with Crippen LogP contribution in [-0.2, 0) is 6.54 Å². The Morgan fingerprint density at radius 1 is 1.22 bits per heavy atom. The molecule has 3 heterocycles. The molecule has 2 amide bonds. The number of carbonyl (C=O) groups is 2. The van der Waals surface area contributed by atoms with Crippen molar-refractivity contribution in [3.63, 3.8) is 0 Å². The molecule has 4 rings (SSSR count). The van der Waals surface area contributed by atoms with Gasteiger partial charge in [0.2, 0.25) is 5.95 Å². The van der Waals surface area contributed by atoms with Gasteiger partial charge in [-0.25, -0.2) is 4.52 Å². The zero-order chi connectivity index (χ0) is 22.8. The van der Waals surface area contributed by atoms with Crippen LogP contribution < -0.4 is 15.8 Å². The minimum Gasteiger partial charge on any atom is -0.497 e. The van der Waals surface area contributed by atoms with E-state index in [1.54, 1.807) is 39.5 Å². The Morgan fingerprint density at radius 2 is 2.03 bits per heavy atom. The van der Waals surface area contributed by atoms with Crippen molar-refractivity contribution in [2.45, 2.75) is 6.54 Å². The lowest BCUT2D eigenvalue weighted by Crippen LogP contribution is -2.22. The molecule has 164 valence electrons. The number of ether oxygens (including phenoxy) is 1. The Bertz CT molecular complexity index is 1310. The quantitative estimate of drug-likeness (QED) is 0.467. The van der Waals surface area contributed by atoms with E-state index in [2.05, 4.69) is 15.4 Å². The predicted molar refractivity (Wildman–Crippen MR) is 123 cm³/mol. The number of hydrogen-bond donors (Lipinski definition) is 2. The molecule has 0 saturated heterocycles. The van der Waals surface area contributed by atoms with E-state index < -0.39 is 0 Å². The first-order valence-electron chi connectivity index (χ1n) is 9.73. The number of methoxy groups -OCH3 is 1. The Balaban J connectivity index is 1.58. The summed E-state index contributed by atoms with van der Waals surface area (Å²) < 4.78 is 6.70. The molecule has 0 spiro atoms. The van der Waals surface area contributed by atoms with Crippen LogP contribution in [0.15, 0.2) is 48.0 Å². The number of benzene rings is 1. The van der Waals surface area contributed by atoms with Gasteiger partial charge in [-0.1, -0.05) is 12.1 Å². The normalized spacial score (nSPS) is 10.8. The fourth-order valence-corrected chi connectivity index (χ4v) is 4.05. The lowest BCUT2D eigenvalue weighted by Gasteiger charge is -2.11. The van der Waals surface area contributed by atoms with Crippen LogP contribution in [0, 0.1) is 0 Å². The summed E-state index contributed by atoms with van der Waals surface area (Å²) in [5.41, 5.74) is 8.98. The number of nitrogen functional groups attached to an aromatic ring is 1. The SMILES string of the molecule is COc1cccc(CNC(=O)c2cc(-c3cc(C(=O)N(C)C)c4nc(N)nn4c3)cs2)c1. The molecular weight excluding hydrogens is 428 g/mol. The highest BCUT2D eigenvalue weighted by Gasteiger charge is 2.19. The largest absolute Gasteiger partial charge is 0.497 e. The summed E-state index contributed by atoms with van der Waals surface area (Å²) in [6, 6.07) is 11.1. The topological polar surface area (TPSA) is 115 Å². The van der Waals surface area contributed by atoms with Crippen molar-refractivity contribution in [3.8, 4) is 16.9 Å². The molecule has 3 N–H and O–H groups in total. The molecule has 1 aromatic carbocycles. The lowest BCUT2D eigenvalue weighted by molar-refractivity contribution is 0.0828. The number of nitrogens with two attached hydrogens (primary N) is 1. The molecule has 0 aliphatic carbocycles. The van der Waals surface area contributed by atoms with Crippen LogP contribution in [0.1, 0.15) is 25.6 Å². The predicted octanol–water partition coefficient (Wildman–Crippen LogP) is 2.68. The van der Waals surface area contributed by atoms with E-state index in [1.807, 2.05) is 29.6 Å². The number of anilines is 1. The highest BCUT2D eigenvalue weighted by Crippen LogP contribution is 2.28. The summed E-state index contributed by atoms with van der Waals surface area (Å²) in [6.07, 6.45) is 1.74. The number of pyridine rings is 1. The Kier molecular flexibility index (Phi) is 5.78. The number of thiophene rings is 1. The van der Waals surface area contributed by atoms with Crippen LogP contribution in [0.25, 0.3) is 16.8 Å². The standard InChI is InChI=1S/C22H22N6O3S/c1-27(2)21(30)17-8-14(11-28-19(17)25-22(23)26-28)15-9-18(32-12-15)20(29)24-10-13-5-4-6-16(7-13)31-3/h4-9,11-12H,10H2,1-3H3,(H2,23,26)(H,24,29). The number of amides is 2. The molecule has 0 fully saturated rings. The van der Waals surface area contributed by atoms with Crippen molar-refractivity contribution in [1.82, 2.24) is 24.8 Å². The second-order valence-corrected chi connectivity index (χ2v) is 8.23. The van der Waals surface area contributed by atoms with Crippen LogP contribution in [0.4, 0.5) is 5.95 Å². The third-order valence-corrected chi connectivity index (χ3v) is 5.76. The average Bonchev–Trinajstić information content (AvgIpc) is 3.42. The molecule has 9 nitrogen and oxygen atoms in total. The molecule has 0 saturated carbocycles. The third-order valence-electron chi connectivity index (χ3n) is 4.83. The lowest BCUT2D eigenvalue weighted by atomic mass is 10.1. The van der Waals surface area contributed by atoms with Crippen LogP contribution in [0.5, 0.6) is 5.75 Å². The molecule has 0 bridgehead atoms. The summed E-state index contributed by atoms with van der Waals surface area (Å²) in [5.74, 6) is 0.427. The average molecular weight is 451 g/mol. The van der Waals surface area contributed by atoms with Gasteiger partial charge in [0.15, 0.2) is 5.65 Å². The number of aromatic nitrogens is 3. The fourth-order valence-electron chi connectivity index (χ4n) is 3.22. The Morgan fingerprint density at radius 3 is 2.78 bits per heavy atom. The van der Waals surface area contributed by atoms with Gasteiger partial charge in [0.1, 0.15) is 5.75 Å². The number of nitrogens with one attached hydrogen (secondary N) is 1. The van der Waals surface area contributed by atoms with Crippen LogP contribution in [-0.4, -0.2) is 52.5 Å². The summed E-state index contributed by atoms with van der Waals surface area (Å²) >= 11 is 1.32. The van der Waals surface area contributed by atoms with Gasteiger partial charge < -0.3 is 20.7 Å². The van der Waals surface area contributed by atoms with Crippen molar-refractivity contribution in [3.05, 3.63) is 64.0 Å². The Hall–Kier alpha value is -3.92. The summed E-state index contributed by atoms with van der Waals surface area (Å²) in [4.78, 5) is 31.5. The first kappa shape index (κ1) is 21.3. The summed E-state index contributed by atoms with van der Waals surface area (Å²) in [7, 11) is 4.94. The van der Waals surface area contributed by atoms with Crippen LogP contribution >= 0.6 is 11.3 Å². The van der Waals surface area contributed by atoms with Crippen molar-refractivity contribution in [2.75, 3.05) is 26.9 Å². The van der Waals surface area contributed by atoms with Crippen molar-refractivity contribution < 1.29 is 14.3 Å². The van der Waals surface area contributed by atoms with E-state index >= 15 is 0 Å². The first-order valence-corrected chi connectivity index (χ1v) is 10.6. The zero-order valence-corrected chi connectivity index (χ0v) is 18.6. The van der Waals surface area contributed by atoms with E-state index in [0.29, 0.717) is 22.6 Å². The maximum Gasteiger partial charge on any atom is 0.261 e. The number of carbonyl (C=O) groups excluding carboxylic acids is 2. The van der Waals surface area contributed by atoms with Gasteiger partial charge in [0.05, 0.1) is 17.6 Å². The molecular formula is C22H22N6O3S. The van der Waals surface area contributed by atoms with Gasteiger partial charge in [0.25, 0.3) is 11.8 Å². The van der Waals surface area contributed by atoms with Gasteiger partial charge >= 0.3 is 0 Å². The highest BCUT2D eigenvalue weighted by atomic mass is 32.1. The van der Waals surface area contributed by atoms with Crippen LogP contribution in [0.2, 0.25) is 0 Å². The summed E-state index contributed by atoms with van der Waals surface area (Å²) in [6.45, 7) is 0.384. The molecule has 0 aliphatic rings. The highest BCUT2D eigenvalue weighted by molar-refractivity contribution is 7.12. The summed E-state index contributed by atoms with van der Waals surface area (Å²) in [5, 5.41) is 8.93. The minimum atomic E-state index is -0.212. The van der Waals surface area contributed by atoms with Crippen molar-refractivity contribution in [1.29, 1.82) is 0 Å². The minimum absolute atomic E-state index is 0.0814. The van der Waals surface area contributed by atoms with Gasteiger partial charge in [-0.05, 0) is 40.8 Å². The van der Waals surface area contributed by atoms with Crippen molar-refractivity contribution >= 4 is 34.7 Å². The zero-order valence-electron chi connectivity index (χ0n) is 17.8. The van der Waals surface area contributed by atoms with Crippen LogP contribution in [0.3, 0.4) is 0 Å². The molecule has 10 heteroatoms. The van der Waals surface area contributed by atoms with Gasteiger partial charge in [0, 0.05) is 32.4 Å². The third kappa shape index (κ3) is 4.26. The van der Waals surface area contributed by atoms with Gasteiger partial charge in [-0.3, -0.25) is 9.59 Å².